The summed E-state index contributed by atoms with van der Waals surface area (Å²) in [5, 5.41) is 9.55. The van der Waals surface area contributed by atoms with Gasteiger partial charge in [0, 0.05) is 38.1 Å². The first kappa shape index (κ1) is 23.1. The average molecular weight is 462 g/mol. The van der Waals surface area contributed by atoms with Crippen LogP contribution in [0.1, 0.15) is 61.6 Å². The molecule has 5 heteroatoms. The lowest BCUT2D eigenvalue weighted by atomic mass is 9.79. The third-order valence-corrected chi connectivity index (χ3v) is 7.47. The maximum absolute atomic E-state index is 13.4. The highest BCUT2D eigenvalue weighted by atomic mass is 16.7. The van der Waals surface area contributed by atoms with Crippen LogP contribution in [0, 0.1) is 5.92 Å². The standard InChI is InChI=1S/C29H35NO4/c1-2-33-29-25(11-8-16-31)26(19-27(34-29)28(32)30-14-6-3-7-15-30)21-12-13-24-22(18-21)17-20-9-4-5-10-23(20)24/h4-5,9-10,12-13,18-19,25-26,29,31H,2-3,6-8,11,14-17H2,1H3/t25-,26+,29+/m0/s1. The fourth-order valence-electron chi connectivity index (χ4n) is 5.76. The molecule has 1 saturated heterocycles. The van der Waals surface area contributed by atoms with Gasteiger partial charge in [0.1, 0.15) is 0 Å². The van der Waals surface area contributed by atoms with Gasteiger partial charge in [0.2, 0.25) is 6.29 Å². The van der Waals surface area contributed by atoms with E-state index in [9.17, 15) is 9.90 Å². The van der Waals surface area contributed by atoms with Gasteiger partial charge in [-0.05, 0) is 79.3 Å². The van der Waals surface area contributed by atoms with Gasteiger partial charge in [0.25, 0.3) is 5.91 Å². The summed E-state index contributed by atoms with van der Waals surface area (Å²) in [5.41, 5.74) is 6.50. The number of aliphatic hydroxyl groups excluding tert-OH is 1. The topological polar surface area (TPSA) is 59.0 Å². The second-order valence-corrected chi connectivity index (χ2v) is 9.63. The Morgan fingerprint density at radius 3 is 2.68 bits per heavy atom. The zero-order chi connectivity index (χ0) is 23.5. The number of nitrogens with zero attached hydrogens (tertiary/aromatic N) is 1. The van der Waals surface area contributed by atoms with E-state index in [2.05, 4.69) is 42.5 Å². The Morgan fingerprint density at radius 1 is 1.09 bits per heavy atom. The molecule has 0 bridgehead atoms. The lowest BCUT2D eigenvalue weighted by molar-refractivity contribution is -0.170. The summed E-state index contributed by atoms with van der Waals surface area (Å²) in [4.78, 5) is 15.3. The summed E-state index contributed by atoms with van der Waals surface area (Å²) in [6, 6.07) is 15.3. The molecule has 5 rings (SSSR count). The highest BCUT2D eigenvalue weighted by molar-refractivity contribution is 5.92. The minimum Gasteiger partial charge on any atom is -0.459 e. The fourth-order valence-corrected chi connectivity index (χ4v) is 5.76. The van der Waals surface area contributed by atoms with Crippen molar-refractivity contribution in [2.45, 2.75) is 57.7 Å². The van der Waals surface area contributed by atoms with Crippen LogP contribution in [0.4, 0.5) is 0 Å². The molecule has 5 nitrogen and oxygen atoms in total. The monoisotopic (exact) mass is 461 g/mol. The van der Waals surface area contributed by atoms with E-state index in [1.54, 1.807) is 0 Å². The molecule has 3 aliphatic rings. The van der Waals surface area contributed by atoms with Crippen molar-refractivity contribution >= 4 is 5.91 Å². The number of allylic oxidation sites excluding steroid dienone is 1. The highest BCUT2D eigenvalue weighted by Gasteiger charge is 2.39. The number of rotatable bonds is 7. The van der Waals surface area contributed by atoms with E-state index < -0.39 is 6.29 Å². The van der Waals surface area contributed by atoms with Gasteiger partial charge in [0.15, 0.2) is 5.76 Å². The molecule has 0 spiro atoms. The quantitative estimate of drug-likeness (QED) is 0.537. The van der Waals surface area contributed by atoms with Gasteiger partial charge < -0.3 is 19.5 Å². The fraction of sp³-hybridized carbons (Fsp3) is 0.483. The Kier molecular flexibility index (Phi) is 7.02. The molecule has 3 atom stereocenters. The number of hydrogen-bond donors (Lipinski definition) is 1. The number of carbonyl (C=O) groups is 1. The molecule has 2 aliphatic heterocycles. The summed E-state index contributed by atoms with van der Waals surface area (Å²) in [6.45, 7) is 4.17. The van der Waals surface area contributed by atoms with E-state index in [1.807, 2.05) is 17.9 Å². The third kappa shape index (κ3) is 4.51. The summed E-state index contributed by atoms with van der Waals surface area (Å²) < 4.78 is 12.3. The van der Waals surface area contributed by atoms with Gasteiger partial charge >= 0.3 is 0 Å². The van der Waals surface area contributed by atoms with Gasteiger partial charge in [-0.3, -0.25) is 4.79 Å². The molecule has 0 radical (unpaired) electrons. The second-order valence-electron chi connectivity index (χ2n) is 9.63. The third-order valence-electron chi connectivity index (χ3n) is 7.47. The molecule has 1 N–H and O–H groups in total. The normalized spacial score (nSPS) is 23.6. The van der Waals surface area contributed by atoms with Gasteiger partial charge in [-0.2, -0.15) is 0 Å². The largest absolute Gasteiger partial charge is 0.459 e. The number of fused-ring (bicyclic) bond motifs is 3. The average Bonchev–Trinajstić information content (AvgIpc) is 3.25. The van der Waals surface area contributed by atoms with Crippen molar-refractivity contribution in [2.75, 3.05) is 26.3 Å². The first-order chi connectivity index (χ1) is 16.7. The molecule has 34 heavy (non-hydrogen) atoms. The first-order valence-electron chi connectivity index (χ1n) is 12.8. The predicted octanol–water partition coefficient (Wildman–Crippen LogP) is 5.02. The summed E-state index contributed by atoms with van der Waals surface area (Å²) >= 11 is 0. The van der Waals surface area contributed by atoms with Crippen molar-refractivity contribution in [3.8, 4) is 11.1 Å². The minimum absolute atomic E-state index is 0.00500. The van der Waals surface area contributed by atoms with Crippen molar-refractivity contribution < 1.29 is 19.4 Å². The Labute approximate surface area is 202 Å². The van der Waals surface area contributed by atoms with Crippen molar-refractivity contribution in [2.24, 2.45) is 5.92 Å². The SMILES string of the molecule is CCO[C@@H]1OC(C(=O)N2CCCCC2)=C[C@H](c2ccc3c(c2)Cc2ccccc2-3)[C@@H]1CCCO. The number of ether oxygens (including phenoxy) is 2. The Hall–Kier alpha value is -2.63. The van der Waals surface area contributed by atoms with E-state index in [0.717, 1.165) is 38.8 Å². The molecule has 0 unspecified atom stereocenters. The number of benzene rings is 2. The molecule has 1 fully saturated rings. The predicted molar refractivity (Wildman–Crippen MR) is 132 cm³/mol. The maximum atomic E-state index is 13.4. The first-order valence-corrected chi connectivity index (χ1v) is 12.8. The number of hydrogen-bond acceptors (Lipinski definition) is 4. The molecule has 1 aliphatic carbocycles. The van der Waals surface area contributed by atoms with Crippen LogP contribution < -0.4 is 0 Å². The van der Waals surface area contributed by atoms with Gasteiger partial charge in [-0.15, -0.1) is 0 Å². The number of amides is 1. The molecule has 0 aromatic heterocycles. The van der Waals surface area contributed by atoms with E-state index in [4.69, 9.17) is 9.47 Å². The van der Waals surface area contributed by atoms with E-state index in [-0.39, 0.29) is 24.3 Å². The van der Waals surface area contributed by atoms with Crippen LogP contribution in [-0.2, 0) is 20.7 Å². The molecular weight excluding hydrogens is 426 g/mol. The Morgan fingerprint density at radius 2 is 1.88 bits per heavy atom. The minimum atomic E-state index is -0.499. The van der Waals surface area contributed by atoms with Gasteiger partial charge in [-0.1, -0.05) is 42.5 Å². The van der Waals surface area contributed by atoms with E-state index in [1.165, 1.54) is 34.2 Å². The smallest absolute Gasteiger partial charge is 0.288 e. The van der Waals surface area contributed by atoms with Crippen LogP contribution >= 0.6 is 0 Å². The number of aliphatic hydroxyl groups is 1. The number of likely N-dealkylation sites (tertiary alicyclic amines) is 1. The lowest BCUT2D eigenvalue weighted by Gasteiger charge is -2.38. The van der Waals surface area contributed by atoms with Gasteiger partial charge in [-0.25, -0.2) is 0 Å². The van der Waals surface area contributed by atoms with Crippen LogP contribution in [0.5, 0.6) is 0 Å². The molecular formula is C29H35NO4. The van der Waals surface area contributed by atoms with E-state index in [0.29, 0.717) is 18.8 Å². The summed E-state index contributed by atoms with van der Waals surface area (Å²) in [6.07, 6.45) is 7.16. The summed E-state index contributed by atoms with van der Waals surface area (Å²) in [5.74, 6) is 0.416. The zero-order valence-corrected chi connectivity index (χ0v) is 20.0. The van der Waals surface area contributed by atoms with Crippen LogP contribution in [0.15, 0.2) is 54.3 Å². The van der Waals surface area contributed by atoms with E-state index >= 15 is 0 Å². The summed E-state index contributed by atoms with van der Waals surface area (Å²) in [7, 11) is 0. The zero-order valence-electron chi connectivity index (χ0n) is 20.0. The Bertz CT molecular complexity index is 1060. The van der Waals surface area contributed by atoms with Crippen molar-refractivity contribution in [3.05, 3.63) is 71.0 Å². The van der Waals surface area contributed by atoms with Crippen LogP contribution in [0.2, 0.25) is 0 Å². The molecule has 2 aromatic rings. The van der Waals surface area contributed by atoms with Crippen molar-refractivity contribution in [1.82, 2.24) is 4.90 Å². The van der Waals surface area contributed by atoms with Crippen LogP contribution in [-0.4, -0.2) is 48.5 Å². The maximum Gasteiger partial charge on any atom is 0.288 e. The number of carbonyl (C=O) groups excluding carboxylic acids is 1. The van der Waals surface area contributed by atoms with Crippen molar-refractivity contribution in [3.63, 3.8) is 0 Å². The molecule has 1 amide bonds. The molecule has 2 heterocycles. The molecule has 180 valence electrons. The molecule has 2 aromatic carbocycles. The molecule has 0 saturated carbocycles. The highest BCUT2D eigenvalue weighted by Crippen LogP contribution is 2.43. The lowest BCUT2D eigenvalue weighted by Crippen LogP contribution is -2.42. The second kappa shape index (κ2) is 10.3. The van der Waals surface area contributed by atoms with Crippen LogP contribution in [0.25, 0.3) is 11.1 Å². The number of piperidine rings is 1. The van der Waals surface area contributed by atoms with Crippen LogP contribution in [0.3, 0.4) is 0 Å². The van der Waals surface area contributed by atoms with Gasteiger partial charge in [0.05, 0.1) is 0 Å². The van der Waals surface area contributed by atoms with Crippen molar-refractivity contribution in [1.29, 1.82) is 0 Å². The Balaban J connectivity index is 1.50.